The molecule has 1 aliphatic heterocycles. The third kappa shape index (κ3) is 4.30. The fraction of sp³-hybridized carbons (Fsp3) is 0.611. The highest BCUT2D eigenvalue weighted by Gasteiger charge is 2.38. The monoisotopic (exact) mass is 306 g/mol. The van der Waals surface area contributed by atoms with Crippen molar-refractivity contribution in [2.75, 3.05) is 30.0 Å². The Balaban J connectivity index is 2.06. The van der Waals surface area contributed by atoms with Crippen LogP contribution in [0.25, 0.3) is 0 Å². The minimum Gasteiger partial charge on any atom is -0.322 e. The van der Waals surface area contributed by atoms with Crippen LogP contribution in [0.3, 0.4) is 0 Å². The molecule has 1 saturated heterocycles. The largest absolute Gasteiger partial charge is 0.322 e. The molecule has 0 atom stereocenters. The molecule has 0 aliphatic carbocycles. The zero-order valence-electron chi connectivity index (χ0n) is 13.7. The van der Waals surface area contributed by atoms with E-state index < -0.39 is 7.26 Å². The van der Waals surface area contributed by atoms with E-state index in [1.807, 2.05) is 6.07 Å². The fourth-order valence-electron chi connectivity index (χ4n) is 3.44. The number of carbonyl (C=O) groups is 1. The van der Waals surface area contributed by atoms with Gasteiger partial charge in [-0.3, -0.25) is 4.79 Å². The SMILES string of the molecule is CC[P+]1(CC(=O)Nc2c(C)cccc2C)CCCCCC1. The summed E-state index contributed by atoms with van der Waals surface area (Å²) in [6.07, 6.45) is 10.1. The summed E-state index contributed by atoms with van der Waals surface area (Å²) in [4.78, 5) is 12.6. The summed E-state index contributed by atoms with van der Waals surface area (Å²) >= 11 is 0. The van der Waals surface area contributed by atoms with Gasteiger partial charge in [0.1, 0.15) is 6.16 Å². The lowest BCUT2D eigenvalue weighted by atomic mass is 10.1. The molecular weight excluding hydrogens is 277 g/mol. The first-order valence-electron chi connectivity index (χ1n) is 8.27. The van der Waals surface area contributed by atoms with Crippen LogP contribution in [0, 0.1) is 13.8 Å². The van der Waals surface area contributed by atoms with Crippen LogP contribution < -0.4 is 5.32 Å². The third-order valence-corrected chi connectivity index (χ3v) is 9.74. The third-order valence-electron chi connectivity index (χ3n) is 4.91. The molecule has 21 heavy (non-hydrogen) atoms. The Labute approximate surface area is 130 Å². The predicted molar refractivity (Wildman–Crippen MR) is 95.1 cm³/mol. The minimum absolute atomic E-state index is 0.240. The van der Waals surface area contributed by atoms with E-state index in [9.17, 15) is 4.79 Å². The number of anilines is 1. The number of amides is 1. The van der Waals surface area contributed by atoms with Crippen LogP contribution in [-0.2, 0) is 4.79 Å². The van der Waals surface area contributed by atoms with E-state index in [-0.39, 0.29) is 5.91 Å². The van der Waals surface area contributed by atoms with E-state index in [1.165, 1.54) is 44.2 Å². The Morgan fingerprint density at radius 1 is 1.10 bits per heavy atom. The molecule has 1 heterocycles. The number of hydrogen-bond acceptors (Lipinski definition) is 1. The molecule has 2 rings (SSSR count). The van der Waals surface area contributed by atoms with Crippen LogP contribution in [0.15, 0.2) is 18.2 Å². The van der Waals surface area contributed by atoms with Crippen LogP contribution in [-0.4, -0.2) is 30.6 Å². The van der Waals surface area contributed by atoms with Crippen molar-refractivity contribution in [3.63, 3.8) is 0 Å². The Morgan fingerprint density at radius 3 is 2.19 bits per heavy atom. The molecule has 2 nitrogen and oxygen atoms in total. The number of hydrogen-bond donors (Lipinski definition) is 1. The molecular formula is C18H29NOP+. The van der Waals surface area contributed by atoms with Crippen molar-refractivity contribution in [3.8, 4) is 0 Å². The Hall–Kier alpha value is -0.880. The molecule has 1 amide bonds. The quantitative estimate of drug-likeness (QED) is 0.791. The zero-order valence-corrected chi connectivity index (χ0v) is 14.6. The molecule has 0 aromatic heterocycles. The lowest BCUT2D eigenvalue weighted by molar-refractivity contribution is -0.113. The molecule has 0 bridgehead atoms. The molecule has 0 radical (unpaired) electrons. The van der Waals surface area contributed by atoms with E-state index in [0.717, 1.165) is 23.0 Å². The molecule has 1 aromatic carbocycles. The summed E-state index contributed by atoms with van der Waals surface area (Å²) in [6, 6.07) is 6.18. The van der Waals surface area contributed by atoms with Crippen LogP contribution in [0.2, 0.25) is 0 Å². The summed E-state index contributed by atoms with van der Waals surface area (Å²) in [5.41, 5.74) is 3.34. The van der Waals surface area contributed by atoms with Gasteiger partial charge in [-0.15, -0.1) is 0 Å². The molecule has 0 spiro atoms. The maximum atomic E-state index is 12.6. The van der Waals surface area contributed by atoms with E-state index in [2.05, 4.69) is 38.2 Å². The van der Waals surface area contributed by atoms with Gasteiger partial charge in [-0.1, -0.05) is 18.2 Å². The van der Waals surface area contributed by atoms with Crippen molar-refractivity contribution in [2.24, 2.45) is 0 Å². The highest BCUT2D eigenvalue weighted by molar-refractivity contribution is 7.76. The average Bonchev–Trinajstić information content (AvgIpc) is 2.69. The van der Waals surface area contributed by atoms with E-state index >= 15 is 0 Å². The number of aryl methyl sites for hydroxylation is 2. The molecule has 1 fully saturated rings. The maximum absolute atomic E-state index is 12.6. The maximum Gasteiger partial charge on any atom is 0.261 e. The van der Waals surface area contributed by atoms with Crippen molar-refractivity contribution >= 4 is 18.9 Å². The molecule has 0 saturated carbocycles. The topological polar surface area (TPSA) is 29.1 Å². The van der Waals surface area contributed by atoms with Gasteiger partial charge < -0.3 is 5.32 Å². The average molecular weight is 306 g/mol. The van der Waals surface area contributed by atoms with Gasteiger partial charge in [-0.05, 0) is 57.6 Å². The van der Waals surface area contributed by atoms with Gasteiger partial charge in [0.05, 0.1) is 18.5 Å². The van der Waals surface area contributed by atoms with E-state index in [4.69, 9.17) is 0 Å². The van der Waals surface area contributed by atoms with Crippen molar-refractivity contribution in [2.45, 2.75) is 46.5 Å². The second-order valence-electron chi connectivity index (χ2n) is 6.49. The number of nitrogens with one attached hydrogen (secondary N) is 1. The molecule has 1 aliphatic rings. The Kier molecular flexibility index (Phi) is 5.81. The lowest BCUT2D eigenvalue weighted by Gasteiger charge is -2.24. The zero-order chi connectivity index (χ0) is 15.3. The minimum atomic E-state index is -1.05. The van der Waals surface area contributed by atoms with Gasteiger partial charge >= 0.3 is 0 Å². The first-order valence-corrected chi connectivity index (χ1v) is 10.8. The summed E-state index contributed by atoms with van der Waals surface area (Å²) < 4.78 is 0. The first-order chi connectivity index (χ1) is 10.1. The van der Waals surface area contributed by atoms with Crippen LogP contribution in [0.1, 0.15) is 43.7 Å². The molecule has 1 aromatic rings. The summed E-state index contributed by atoms with van der Waals surface area (Å²) in [5, 5.41) is 3.19. The summed E-state index contributed by atoms with van der Waals surface area (Å²) in [7, 11) is -1.05. The van der Waals surface area contributed by atoms with Gasteiger partial charge in [-0.2, -0.15) is 0 Å². The molecule has 116 valence electrons. The highest BCUT2D eigenvalue weighted by Crippen LogP contribution is 2.60. The number of carbonyl (C=O) groups excluding carboxylic acids is 1. The van der Waals surface area contributed by atoms with Crippen molar-refractivity contribution < 1.29 is 4.79 Å². The Bertz CT molecular complexity index is 470. The normalized spacial score (nSPS) is 18.0. The second kappa shape index (κ2) is 7.40. The van der Waals surface area contributed by atoms with Gasteiger partial charge in [0.15, 0.2) is 0 Å². The van der Waals surface area contributed by atoms with Crippen LogP contribution >= 0.6 is 7.26 Å². The number of benzene rings is 1. The molecule has 0 unspecified atom stereocenters. The van der Waals surface area contributed by atoms with Gasteiger partial charge in [-0.25, -0.2) is 0 Å². The van der Waals surface area contributed by atoms with Crippen LogP contribution in [0.5, 0.6) is 0 Å². The number of rotatable bonds is 4. The Morgan fingerprint density at radius 2 is 1.67 bits per heavy atom. The van der Waals surface area contributed by atoms with Gasteiger partial charge in [0.2, 0.25) is 0 Å². The van der Waals surface area contributed by atoms with Crippen molar-refractivity contribution in [1.82, 2.24) is 0 Å². The van der Waals surface area contributed by atoms with Gasteiger partial charge in [0, 0.05) is 12.9 Å². The lowest BCUT2D eigenvalue weighted by Crippen LogP contribution is -2.23. The first kappa shape index (κ1) is 16.5. The summed E-state index contributed by atoms with van der Waals surface area (Å²) in [6.45, 7) is 6.43. The second-order valence-corrected chi connectivity index (χ2v) is 11.0. The van der Waals surface area contributed by atoms with E-state index in [0.29, 0.717) is 0 Å². The van der Waals surface area contributed by atoms with Gasteiger partial charge in [0.25, 0.3) is 5.91 Å². The predicted octanol–water partition coefficient (Wildman–Crippen LogP) is 4.85. The molecule has 1 N–H and O–H groups in total. The highest BCUT2D eigenvalue weighted by atomic mass is 31.2. The number of para-hydroxylation sites is 1. The van der Waals surface area contributed by atoms with E-state index in [1.54, 1.807) is 0 Å². The van der Waals surface area contributed by atoms with Crippen molar-refractivity contribution in [3.05, 3.63) is 29.3 Å². The summed E-state index contributed by atoms with van der Waals surface area (Å²) in [5.74, 6) is 0.240. The van der Waals surface area contributed by atoms with Crippen LogP contribution in [0.4, 0.5) is 5.69 Å². The smallest absolute Gasteiger partial charge is 0.261 e. The molecule has 3 heteroatoms. The standard InChI is InChI=1S/C18H28NOP/c1-4-21(12-7-5-6-8-13-21)14-17(20)19-18-15(2)10-9-11-16(18)3/h9-11H,4-8,12-14H2,1-3H3/p+1. The fourth-order valence-corrected chi connectivity index (χ4v) is 7.31. The van der Waals surface area contributed by atoms with Crippen molar-refractivity contribution in [1.29, 1.82) is 0 Å².